The largest absolute Gasteiger partial charge is 0.340 e. The summed E-state index contributed by atoms with van der Waals surface area (Å²) in [6, 6.07) is 9.86. The number of imidazole rings is 1. The highest BCUT2D eigenvalue weighted by Crippen LogP contribution is 2.24. The molecule has 0 saturated carbocycles. The number of aromatic nitrogens is 4. The lowest BCUT2D eigenvalue weighted by Gasteiger charge is -2.31. The van der Waals surface area contributed by atoms with Gasteiger partial charge in [-0.05, 0) is 44.1 Å². The third-order valence-corrected chi connectivity index (χ3v) is 6.05. The zero-order valence-corrected chi connectivity index (χ0v) is 18.4. The Labute approximate surface area is 183 Å². The van der Waals surface area contributed by atoms with E-state index in [4.69, 9.17) is 4.98 Å². The molecule has 1 fully saturated rings. The van der Waals surface area contributed by atoms with Crippen LogP contribution in [0.15, 0.2) is 42.7 Å². The molecule has 1 aliphatic rings. The first-order chi connectivity index (χ1) is 15.2. The second kappa shape index (κ2) is 9.87. The van der Waals surface area contributed by atoms with E-state index < -0.39 is 0 Å². The molecule has 2 aromatic heterocycles. The summed E-state index contributed by atoms with van der Waals surface area (Å²) in [5.74, 6) is 1.21. The molecule has 0 radical (unpaired) electrons. The topological polar surface area (TPSA) is 79.2 Å². The van der Waals surface area contributed by atoms with E-state index >= 15 is 0 Å². The predicted molar refractivity (Wildman–Crippen MR) is 123 cm³/mol. The highest BCUT2D eigenvalue weighted by Gasteiger charge is 2.28. The van der Waals surface area contributed by atoms with Gasteiger partial charge in [-0.15, -0.1) is 0 Å². The van der Waals surface area contributed by atoms with Gasteiger partial charge >= 0.3 is 0 Å². The summed E-state index contributed by atoms with van der Waals surface area (Å²) in [5, 5.41) is 3.13. The number of likely N-dealkylation sites (N-methyl/N-ethyl adjacent to an activating group) is 1. The van der Waals surface area contributed by atoms with E-state index in [9.17, 15) is 4.79 Å². The van der Waals surface area contributed by atoms with Crippen molar-refractivity contribution in [3.8, 4) is 0 Å². The highest BCUT2D eigenvalue weighted by atomic mass is 16.2. The molecule has 0 spiro atoms. The Bertz CT molecular complexity index is 1000. The van der Waals surface area contributed by atoms with Crippen LogP contribution in [-0.4, -0.2) is 63.0 Å². The molecule has 1 N–H and O–H groups in total. The number of amides is 1. The summed E-state index contributed by atoms with van der Waals surface area (Å²) in [6.45, 7) is 9.54. The number of benzene rings is 1. The van der Waals surface area contributed by atoms with Crippen molar-refractivity contribution in [3.63, 3.8) is 0 Å². The van der Waals surface area contributed by atoms with E-state index in [-0.39, 0.29) is 11.8 Å². The average Bonchev–Trinajstić information content (AvgIpc) is 3.17. The fourth-order valence-corrected chi connectivity index (χ4v) is 4.22. The maximum absolute atomic E-state index is 13.2. The van der Waals surface area contributed by atoms with Gasteiger partial charge in [0.25, 0.3) is 0 Å². The van der Waals surface area contributed by atoms with Crippen LogP contribution in [0.1, 0.15) is 26.7 Å². The van der Waals surface area contributed by atoms with Crippen molar-refractivity contribution in [2.24, 2.45) is 5.92 Å². The van der Waals surface area contributed by atoms with Gasteiger partial charge in [0.05, 0.1) is 17.0 Å². The Morgan fingerprint density at radius 3 is 2.71 bits per heavy atom. The van der Waals surface area contributed by atoms with E-state index in [1.54, 1.807) is 18.5 Å². The number of hydrogen-bond acceptors (Lipinski definition) is 6. The molecule has 1 amide bonds. The van der Waals surface area contributed by atoms with Crippen molar-refractivity contribution in [1.82, 2.24) is 24.4 Å². The molecule has 31 heavy (non-hydrogen) atoms. The molecular weight excluding hydrogens is 390 g/mol. The first-order valence-electron chi connectivity index (χ1n) is 11.2. The molecule has 8 heteroatoms. The lowest BCUT2D eigenvalue weighted by atomic mass is 9.97. The molecule has 0 aliphatic carbocycles. The number of fused-ring (bicyclic) bond motifs is 1. The predicted octanol–water partition coefficient (Wildman–Crippen LogP) is 3.02. The Kier molecular flexibility index (Phi) is 6.76. The molecule has 164 valence electrons. The molecule has 1 saturated heterocycles. The van der Waals surface area contributed by atoms with Crippen LogP contribution in [0.4, 0.5) is 11.9 Å². The Hall–Kier alpha value is -3.00. The monoisotopic (exact) mass is 421 g/mol. The van der Waals surface area contributed by atoms with Crippen molar-refractivity contribution >= 4 is 28.8 Å². The number of nitrogens with one attached hydrogen (secondary N) is 1. The van der Waals surface area contributed by atoms with E-state index in [0.717, 1.165) is 56.6 Å². The third kappa shape index (κ3) is 4.85. The Morgan fingerprint density at radius 1 is 1.16 bits per heavy atom. The van der Waals surface area contributed by atoms with Crippen LogP contribution in [0.2, 0.25) is 0 Å². The minimum Gasteiger partial charge on any atom is -0.340 e. The van der Waals surface area contributed by atoms with Crippen molar-refractivity contribution in [2.45, 2.75) is 33.2 Å². The molecule has 3 heterocycles. The maximum Gasteiger partial charge on any atom is 0.231 e. The Morgan fingerprint density at radius 2 is 1.94 bits per heavy atom. The van der Waals surface area contributed by atoms with Crippen molar-refractivity contribution < 1.29 is 4.79 Å². The van der Waals surface area contributed by atoms with Gasteiger partial charge in [-0.2, -0.15) is 0 Å². The fourth-order valence-electron chi connectivity index (χ4n) is 4.22. The number of anilines is 2. The zero-order valence-electron chi connectivity index (χ0n) is 18.4. The molecular formula is C23H31N7O. The van der Waals surface area contributed by atoms with E-state index in [1.165, 1.54) is 0 Å². The third-order valence-electron chi connectivity index (χ3n) is 6.05. The number of carbonyl (C=O) groups excluding carboxylic acids is 1. The van der Waals surface area contributed by atoms with Crippen LogP contribution in [0, 0.1) is 5.92 Å². The summed E-state index contributed by atoms with van der Waals surface area (Å²) in [7, 11) is 0. The number of para-hydroxylation sites is 2. The summed E-state index contributed by atoms with van der Waals surface area (Å²) in [4.78, 5) is 31.1. The summed E-state index contributed by atoms with van der Waals surface area (Å²) < 4.78 is 2.13. The lowest BCUT2D eigenvalue weighted by molar-refractivity contribution is -0.120. The fraction of sp³-hybridized carbons (Fsp3) is 0.478. The molecule has 3 aromatic rings. The number of rotatable bonds is 8. The second-order valence-corrected chi connectivity index (χ2v) is 7.93. The Balaban J connectivity index is 1.50. The summed E-state index contributed by atoms with van der Waals surface area (Å²) >= 11 is 0. The van der Waals surface area contributed by atoms with Crippen LogP contribution >= 0.6 is 0 Å². The maximum atomic E-state index is 13.2. The van der Waals surface area contributed by atoms with Crippen LogP contribution in [0.25, 0.3) is 11.0 Å². The lowest BCUT2D eigenvalue weighted by Crippen LogP contribution is -2.41. The normalized spacial score (nSPS) is 16.7. The van der Waals surface area contributed by atoms with Gasteiger partial charge in [-0.1, -0.05) is 26.0 Å². The second-order valence-electron chi connectivity index (χ2n) is 7.93. The summed E-state index contributed by atoms with van der Waals surface area (Å²) in [5.41, 5.74) is 1.95. The number of hydrogen-bond donors (Lipinski definition) is 1. The molecule has 1 unspecified atom stereocenters. The highest BCUT2D eigenvalue weighted by molar-refractivity contribution is 5.93. The van der Waals surface area contributed by atoms with E-state index in [1.807, 2.05) is 18.2 Å². The van der Waals surface area contributed by atoms with Crippen molar-refractivity contribution in [2.75, 3.05) is 42.9 Å². The van der Waals surface area contributed by atoms with Gasteiger partial charge in [-0.3, -0.25) is 10.1 Å². The van der Waals surface area contributed by atoms with Crippen molar-refractivity contribution in [1.29, 1.82) is 0 Å². The van der Waals surface area contributed by atoms with Gasteiger partial charge in [-0.25, -0.2) is 15.0 Å². The quantitative estimate of drug-likeness (QED) is 0.602. The molecule has 1 atom stereocenters. The first kappa shape index (κ1) is 21.2. The average molecular weight is 422 g/mol. The van der Waals surface area contributed by atoms with Crippen LogP contribution in [-0.2, 0) is 11.3 Å². The van der Waals surface area contributed by atoms with Gasteiger partial charge in [0, 0.05) is 38.6 Å². The zero-order chi connectivity index (χ0) is 21.6. The molecule has 4 rings (SSSR count). The number of carbonyl (C=O) groups is 1. The van der Waals surface area contributed by atoms with Gasteiger partial charge in [0.1, 0.15) is 0 Å². The minimum atomic E-state index is -0.117. The molecule has 1 aromatic carbocycles. The van der Waals surface area contributed by atoms with Crippen LogP contribution in [0.3, 0.4) is 0 Å². The molecule has 8 nitrogen and oxygen atoms in total. The first-order valence-corrected chi connectivity index (χ1v) is 11.2. The van der Waals surface area contributed by atoms with Gasteiger partial charge < -0.3 is 14.4 Å². The number of piperidine rings is 1. The minimum absolute atomic E-state index is 0.0139. The van der Waals surface area contributed by atoms with Gasteiger partial charge in [0.15, 0.2) is 0 Å². The van der Waals surface area contributed by atoms with E-state index in [0.29, 0.717) is 18.4 Å². The molecule has 1 aliphatic heterocycles. The summed E-state index contributed by atoms with van der Waals surface area (Å²) in [6.07, 6.45) is 5.28. The van der Waals surface area contributed by atoms with Crippen LogP contribution in [0.5, 0.6) is 0 Å². The van der Waals surface area contributed by atoms with Crippen LogP contribution < -0.4 is 10.2 Å². The smallest absolute Gasteiger partial charge is 0.231 e. The standard InChI is InChI=1S/C23H31N7O/c1-3-28(4-2)15-16-30-20-11-6-5-10-19(20)26-23(30)27-21(31)18-9-7-14-29(17-18)22-24-12-8-13-25-22/h5-6,8,10-13,18H,3-4,7,9,14-17H2,1-2H3,(H,26,27,31). The SMILES string of the molecule is CCN(CC)CCn1c(NC(=O)C2CCCN(c3ncccn3)C2)nc2ccccc21. The van der Waals surface area contributed by atoms with Gasteiger partial charge in [0.2, 0.25) is 17.8 Å². The van der Waals surface area contributed by atoms with E-state index in [2.05, 4.69) is 49.6 Å². The molecule has 0 bridgehead atoms. The van der Waals surface area contributed by atoms with Crippen molar-refractivity contribution in [3.05, 3.63) is 42.7 Å². The number of nitrogens with zero attached hydrogens (tertiary/aromatic N) is 6.